The van der Waals surface area contributed by atoms with Crippen molar-refractivity contribution in [2.45, 2.75) is 19.9 Å². The fourth-order valence-corrected chi connectivity index (χ4v) is 1.38. The molecule has 6 nitrogen and oxygen atoms in total. The van der Waals surface area contributed by atoms with Gasteiger partial charge >= 0.3 is 0 Å². The number of rotatable bonds is 4. The number of amides is 2. The van der Waals surface area contributed by atoms with Crippen molar-refractivity contribution in [1.29, 1.82) is 0 Å². The maximum atomic E-state index is 11.8. The Bertz CT molecular complexity index is 431. The van der Waals surface area contributed by atoms with E-state index < -0.39 is 17.9 Å². The molecule has 1 aromatic heterocycles. The monoisotopic (exact) mass is 236 g/mol. The minimum atomic E-state index is -0.732. The van der Waals surface area contributed by atoms with Gasteiger partial charge in [0.2, 0.25) is 5.91 Å². The molecule has 1 aromatic rings. The number of aromatic nitrogens is 1. The van der Waals surface area contributed by atoms with Crippen LogP contribution in [0.2, 0.25) is 0 Å². The smallest absolute Gasteiger partial charge is 0.272 e. The first-order chi connectivity index (χ1) is 7.93. The number of hydrogen-bond acceptors (Lipinski definition) is 4. The van der Waals surface area contributed by atoms with Crippen LogP contribution >= 0.6 is 0 Å². The number of nitrogens with two attached hydrogens (primary N) is 2. The molecule has 5 N–H and O–H groups in total. The Hall–Kier alpha value is -2.11. The zero-order valence-corrected chi connectivity index (χ0v) is 9.81. The molecule has 0 aliphatic carbocycles. The molecule has 1 atom stereocenters. The fourth-order valence-electron chi connectivity index (χ4n) is 1.38. The van der Waals surface area contributed by atoms with Crippen LogP contribution < -0.4 is 16.8 Å². The lowest BCUT2D eigenvalue weighted by Crippen LogP contribution is -2.48. The molecule has 0 bridgehead atoms. The first-order valence-electron chi connectivity index (χ1n) is 5.24. The lowest BCUT2D eigenvalue weighted by atomic mass is 10.0. The fraction of sp³-hybridized carbons (Fsp3) is 0.364. The van der Waals surface area contributed by atoms with Crippen molar-refractivity contribution >= 4 is 17.5 Å². The Morgan fingerprint density at radius 3 is 2.53 bits per heavy atom. The molecule has 0 fully saturated rings. The van der Waals surface area contributed by atoms with Crippen LogP contribution in [-0.4, -0.2) is 22.8 Å². The van der Waals surface area contributed by atoms with Crippen molar-refractivity contribution in [3.05, 3.63) is 24.0 Å². The summed E-state index contributed by atoms with van der Waals surface area (Å²) in [7, 11) is 0. The van der Waals surface area contributed by atoms with Gasteiger partial charge in [0.15, 0.2) is 5.69 Å². The molecule has 0 radical (unpaired) electrons. The lowest BCUT2D eigenvalue weighted by Gasteiger charge is -2.18. The number of nitrogens with zero attached hydrogens (tertiary/aromatic N) is 1. The highest BCUT2D eigenvalue weighted by Gasteiger charge is 2.23. The van der Waals surface area contributed by atoms with Gasteiger partial charge in [0.05, 0.1) is 5.69 Å². The first-order valence-corrected chi connectivity index (χ1v) is 5.24. The summed E-state index contributed by atoms with van der Waals surface area (Å²) in [5, 5.41) is 2.52. The molecule has 0 aromatic carbocycles. The van der Waals surface area contributed by atoms with Gasteiger partial charge in [-0.2, -0.15) is 0 Å². The Labute approximate surface area is 99.4 Å². The van der Waals surface area contributed by atoms with Gasteiger partial charge in [-0.05, 0) is 18.1 Å². The predicted molar refractivity (Wildman–Crippen MR) is 63.9 cm³/mol. The highest BCUT2D eigenvalue weighted by Crippen LogP contribution is 2.08. The van der Waals surface area contributed by atoms with Crippen LogP contribution in [0.25, 0.3) is 0 Å². The summed E-state index contributed by atoms with van der Waals surface area (Å²) in [5.74, 6) is -1.18. The molecule has 1 rings (SSSR count). The van der Waals surface area contributed by atoms with Gasteiger partial charge in [-0.3, -0.25) is 9.59 Å². The van der Waals surface area contributed by atoms with Gasteiger partial charge < -0.3 is 16.8 Å². The number of carbonyl (C=O) groups is 2. The van der Waals surface area contributed by atoms with E-state index in [0.29, 0.717) is 0 Å². The molecule has 17 heavy (non-hydrogen) atoms. The van der Waals surface area contributed by atoms with Gasteiger partial charge in [-0.15, -0.1) is 0 Å². The summed E-state index contributed by atoms with van der Waals surface area (Å²) in [4.78, 5) is 26.8. The normalized spacial score (nSPS) is 12.2. The Morgan fingerprint density at radius 1 is 1.41 bits per heavy atom. The molecule has 0 aliphatic rings. The number of carbonyl (C=O) groups excluding carboxylic acids is 2. The standard InChI is InChI=1S/C11H16N4O2/c1-6(2)8(10(13)16)15-11(17)9-7(12)4-3-5-14-9/h3-6,8H,12H2,1-2H3,(H2,13,16)(H,15,17). The van der Waals surface area contributed by atoms with Gasteiger partial charge in [0.25, 0.3) is 5.91 Å². The zero-order chi connectivity index (χ0) is 13.0. The van der Waals surface area contributed by atoms with Gasteiger partial charge in [-0.25, -0.2) is 4.98 Å². The third-order valence-electron chi connectivity index (χ3n) is 2.31. The molecule has 0 saturated carbocycles. The van der Waals surface area contributed by atoms with E-state index >= 15 is 0 Å². The summed E-state index contributed by atoms with van der Waals surface area (Å²) in [5.41, 5.74) is 11.2. The highest BCUT2D eigenvalue weighted by atomic mass is 16.2. The van der Waals surface area contributed by atoms with Crippen LogP contribution in [0.3, 0.4) is 0 Å². The highest BCUT2D eigenvalue weighted by molar-refractivity contribution is 5.99. The first kappa shape index (κ1) is 13.0. The Balaban J connectivity index is 2.85. The van der Waals surface area contributed by atoms with Gasteiger partial charge in [0, 0.05) is 6.20 Å². The topological polar surface area (TPSA) is 111 Å². The van der Waals surface area contributed by atoms with E-state index in [1.54, 1.807) is 26.0 Å². The van der Waals surface area contributed by atoms with Crippen molar-refractivity contribution in [2.24, 2.45) is 11.7 Å². The molecule has 0 aliphatic heterocycles. The number of nitrogen functional groups attached to an aromatic ring is 1. The van der Waals surface area contributed by atoms with Crippen molar-refractivity contribution in [3.63, 3.8) is 0 Å². The van der Waals surface area contributed by atoms with Gasteiger partial charge in [0.1, 0.15) is 6.04 Å². The molecule has 1 heterocycles. The van der Waals surface area contributed by atoms with E-state index in [0.717, 1.165) is 0 Å². The molecule has 0 spiro atoms. The summed E-state index contributed by atoms with van der Waals surface area (Å²) in [6.45, 7) is 3.58. The maximum absolute atomic E-state index is 11.8. The molecule has 1 unspecified atom stereocenters. The molecular weight excluding hydrogens is 220 g/mol. The maximum Gasteiger partial charge on any atom is 0.272 e. The summed E-state index contributed by atoms with van der Waals surface area (Å²) < 4.78 is 0. The van der Waals surface area contributed by atoms with Crippen LogP contribution in [0.4, 0.5) is 5.69 Å². The van der Waals surface area contributed by atoms with E-state index in [1.807, 2.05) is 0 Å². The van der Waals surface area contributed by atoms with Crippen LogP contribution in [0.5, 0.6) is 0 Å². The Morgan fingerprint density at radius 2 is 2.06 bits per heavy atom. The van der Waals surface area contributed by atoms with Crippen molar-refractivity contribution in [2.75, 3.05) is 5.73 Å². The number of anilines is 1. The largest absolute Gasteiger partial charge is 0.397 e. The number of pyridine rings is 1. The second-order valence-electron chi connectivity index (χ2n) is 4.04. The van der Waals surface area contributed by atoms with E-state index in [9.17, 15) is 9.59 Å². The van der Waals surface area contributed by atoms with Crippen molar-refractivity contribution < 1.29 is 9.59 Å². The molecule has 92 valence electrons. The predicted octanol–water partition coefficient (Wildman–Crippen LogP) is -0.0965. The molecular formula is C11H16N4O2. The number of nitrogens with one attached hydrogen (secondary N) is 1. The van der Waals surface area contributed by atoms with Crippen LogP contribution in [0, 0.1) is 5.92 Å². The molecule has 6 heteroatoms. The zero-order valence-electron chi connectivity index (χ0n) is 9.81. The SMILES string of the molecule is CC(C)C(NC(=O)c1ncccc1N)C(N)=O. The second-order valence-corrected chi connectivity index (χ2v) is 4.04. The van der Waals surface area contributed by atoms with Crippen molar-refractivity contribution in [1.82, 2.24) is 10.3 Å². The van der Waals surface area contributed by atoms with E-state index in [4.69, 9.17) is 11.5 Å². The minimum Gasteiger partial charge on any atom is -0.397 e. The summed E-state index contributed by atoms with van der Waals surface area (Å²) in [6, 6.07) is 2.46. The summed E-state index contributed by atoms with van der Waals surface area (Å²) in [6.07, 6.45) is 1.46. The third-order valence-corrected chi connectivity index (χ3v) is 2.31. The Kier molecular flexibility index (Phi) is 4.03. The quantitative estimate of drug-likeness (QED) is 0.678. The summed E-state index contributed by atoms with van der Waals surface area (Å²) >= 11 is 0. The number of hydrogen-bond donors (Lipinski definition) is 3. The van der Waals surface area contributed by atoms with Gasteiger partial charge in [-0.1, -0.05) is 13.8 Å². The number of primary amides is 1. The second kappa shape index (κ2) is 5.29. The lowest BCUT2D eigenvalue weighted by molar-refractivity contribution is -0.120. The van der Waals surface area contributed by atoms with Crippen LogP contribution in [0.15, 0.2) is 18.3 Å². The molecule has 0 saturated heterocycles. The van der Waals surface area contributed by atoms with E-state index in [1.165, 1.54) is 6.20 Å². The van der Waals surface area contributed by atoms with Crippen molar-refractivity contribution in [3.8, 4) is 0 Å². The average molecular weight is 236 g/mol. The van der Waals surface area contributed by atoms with Crippen LogP contribution in [0.1, 0.15) is 24.3 Å². The molecule has 2 amide bonds. The van der Waals surface area contributed by atoms with E-state index in [2.05, 4.69) is 10.3 Å². The average Bonchev–Trinajstić information content (AvgIpc) is 2.25. The third kappa shape index (κ3) is 3.17. The van der Waals surface area contributed by atoms with Crippen LogP contribution in [-0.2, 0) is 4.79 Å². The van der Waals surface area contributed by atoms with E-state index in [-0.39, 0.29) is 17.3 Å². The minimum absolute atomic E-state index is 0.0959.